The van der Waals surface area contributed by atoms with Crippen LogP contribution in [0.25, 0.3) is 0 Å². The number of H-pyrrole nitrogens is 1. The van der Waals surface area contributed by atoms with Gasteiger partial charge in [0, 0.05) is 31.9 Å². The van der Waals surface area contributed by atoms with Gasteiger partial charge in [0.05, 0.1) is 12.9 Å². The molecule has 0 bridgehead atoms. The zero-order valence-corrected chi connectivity index (χ0v) is 11.9. The summed E-state index contributed by atoms with van der Waals surface area (Å²) >= 11 is 0. The van der Waals surface area contributed by atoms with E-state index in [1.54, 1.807) is 7.05 Å². The van der Waals surface area contributed by atoms with Crippen molar-refractivity contribution in [2.24, 2.45) is 0 Å². The fourth-order valence-corrected chi connectivity index (χ4v) is 1.49. The molecule has 1 rings (SSSR count). The Hall–Kier alpha value is -2.58. The number of rotatable bonds is 7. The molecule has 9 nitrogen and oxygen atoms in total. The number of hydrogen-bond acceptors (Lipinski definition) is 4. The minimum atomic E-state index is -1.17. The second-order valence-corrected chi connectivity index (χ2v) is 4.41. The van der Waals surface area contributed by atoms with Crippen molar-refractivity contribution in [1.29, 1.82) is 0 Å². The number of amides is 3. The van der Waals surface area contributed by atoms with Gasteiger partial charge in [0.2, 0.25) is 5.91 Å². The highest BCUT2D eigenvalue weighted by atomic mass is 16.4. The fourth-order valence-electron chi connectivity index (χ4n) is 1.49. The lowest BCUT2D eigenvalue weighted by atomic mass is 10.2. The summed E-state index contributed by atoms with van der Waals surface area (Å²) in [6.07, 6.45) is 2.98. The van der Waals surface area contributed by atoms with Crippen LogP contribution in [-0.4, -0.2) is 64.1 Å². The van der Waals surface area contributed by atoms with Crippen molar-refractivity contribution in [2.45, 2.75) is 19.4 Å². The Balaban J connectivity index is 2.46. The molecule has 0 aliphatic rings. The van der Waals surface area contributed by atoms with E-state index in [1.165, 1.54) is 17.4 Å². The number of aromatic nitrogens is 2. The van der Waals surface area contributed by atoms with E-state index in [2.05, 4.69) is 20.6 Å². The van der Waals surface area contributed by atoms with Gasteiger partial charge in [0.1, 0.15) is 6.04 Å². The zero-order valence-electron chi connectivity index (χ0n) is 11.9. The minimum Gasteiger partial charge on any atom is -0.480 e. The van der Waals surface area contributed by atoms with Gasteiger partial charge in [-0.1, -0.05) is 0 Å². The number of nitrogens with zero attached hydrogens (tertiary/aromatic N) is 2. The number of carboxylic acid groups (broad SMARTS) is 1. The first kappa shape index (κ1) is 16.5. The molecule has 0 radical (unpaired) electrons. The molecular formula is C12H19N5O4. The molecule has 0 aromatic carbocycles. The number of hydrogen-bond donors (Lipinski definition) is 4. The van der Waals surface area contributed by atoms with E-state index >= 15 is 0 Å². The summed E-state index contributed by atoms with van der Waals surface area (Å²) in [7, 11) is 1.61. The van der Waals surface area contributed by atoms with E-state index in [-0.39, 0.29) is 18.9 Å². The van der Waals surface area contributed by atoms with Crippen LogP contribution < -0.4 is 10.6 Å². The number of urea groups is 1. The van der Waals surface area contributed by atoms with E-state index in [0.29, 0.717) is 12.2 Å². The number of imidazole rings is 1. The SMILES string of the molecule is CCN(C)C(=O)CNC(=O)NC(Cc1cnc[nH]1)C(=O)O. The number of nitrogens with one attached hydrogen (secondary N) is 3. The van der Waals surface area contributed by atoms with Crippen LogP contribution in [0.1, 0.15) is 12.6 Å². The van der Waals surface area contributed by atoms with Crippen LogP contribution >= 0.6 is 0 Å². The van der Waals surface area contributed by atoms with Crippen LogP contribution in [0.15, 0.2) is 12.5 Å². The number of carboxylic acids is 1. The number of aromatic amines is 1. The summed E-state index contributed by atoms with van der Waals surface area (Å²) in [5, 5.41) is 13.7. The van der Waals surface area contributed by atoms with Crippen molar-refractivity contribution >= 4 is 17.9 Å². The van der Waals surface area contributed by atoms with Gasteiger partial charge in [-0.3, -0.25) is 4.79 Å². The highest BCUT2D eigenvalue weighted by molar-refractivity contribution is 5.86. The maximum absolute atomic E-state index is 11.6. The molecule has 1 atom stereocenters. The summed E-state index contributed by atoms with van der Waals surface area (Å²) in [5.74, 6) is -1.43. The Morgan fingerprint density at radius 3 is 2.71 bits per heavy atom. The van der Waals surface area contributed by atoms with Crippen LogP contribution in [0.2, 0.25) is 0 Å². The normalized spacial score (nSPS) is 11.5. The van der Waals surface area contributed by atoms with Gasteiger partial charge in [0.25, 0.3) is 0 Å². The average Bonchev–Trinajstić information content (AvgIpc) is 2.95. The van der Waals surface area contributed by atoms with E-state index in [9.17, 15) is 14.4 Å². The maximum atomic E-state index is 11.6. The van der Waals surface area contributed by atoms with Gasteiger partial charge >= 0.3 is 12.0 Å². The molecule has 0 spiro atoms. The van der Waals surface area contributed by atoms with Crippen molar-refractivity contribution in [2.75, 3.05) is 20.1 Å². The van der Waals surface area contributed by atoms with Gasteiger partial charge in [-0.15, -0.1) is 0 Å². The predicted octanol–water partition coefficient (Wildman–Crippen LogP) is -0.817. The van der Waals surface area contributed by atoms with Crippen LogP contribution in [-0.2, 0) is 16.0 Å². The number of likely N-dealkylation sites (N-methyl/N-ethyl adjacent to an activating group) is 1. The van der Waals surface area contributed by atoms with E-state index in [0.717, 1.165) is 0 Å². The highest BCUT2D eigenvalue weighted by Crippen LogP contribution is 1.98. The third kappa shape index (κ3) is 5.51. The van der Waals surface area contributed by atoms with Crippen LogP contribution in [0.5, 0.6) is 0 Å². The van der Waals surface area contributed by atoms with Gasteiger partial charge in [-0.05, 0) is 6.92 Å². The Labute approximate surface area is 121 Å². The Kier molecular flexibility index (Phi) is 6.18. The lowest BCUT2D eigenvalue weighted by molar-refractivity contribution is -0.139. The van der Waals surface area contributed by atoms with Crippen molar-refractivity contribution in [3.63, 3.8) is 0 Å². The number of aliphatic carboxylic acids is 1. The van der Waals surface area contributed by atoms with E-state index < -0.39 is 18.0 Å². The monoisotopic (exact) mass is 297 g/mol. The average molecular weight is 297 g/mol. The summed E-state index contributed by atoms with van der Waals surface area (Å²) < 4.78 is 0. The third-order valence-corrected chi connectivity index (χ3v) is 2.88. The Morgan fingerprint density at radius 2 is 2.19 bits per heavy atom. The lowest BCUT2D eigenvalue weighted by Crippen LogP contribution is -2.49. The molecule has 3 amide bonds. The quantitative estimate of drug-likeness (QED) is 0.523. The highest BCUT2D eigenvalue weighted by Gasteiger charge is 2.21. The molecule has 0 saturated carbocycles. The summed E-state index contributed by atoms with van der Waals surface area (Å²) in [5.41, 5.74) is 0.587. The molecule has 21 heavy (non-hydrogen) atoms. The molecule has 9 heteroatoms. The molecule has 1 aromatic rings. The molecule has 4 N–H and O–H groups in total. The van der Waals surface area contributed by atoms with Crippen molar-refractivity contribution in [3.05, 3.63) is 18.2 Å². The van der Waals surface area contributed by atoms with Gasteiger partial charge < -0.3 is 25.6 Å². The van der Waals surface area contributed by atoms with Crippen molar-refractivity contribution in [3.8, 4) is 0 Å². The van der Waals surface area contributed by atoms with Gasteiger partial charge in [-0.2, -0.15) is 0 Å². The van der Waals surface area contributed by atoms with Crippen LogP contribution in [0, 0.1) is 0 Å². The summed E-state index contributed by atoms with van der Waals surface area (Å²) in [6, 6.07) is -1.82. The lowest BCUT2D eigenvalue weighted by Gasteiger charge is -2.17. The molecule has 0 aliphatic carbocycles. The number of carbonyl (C=O) groups is 3. The smallest absolute Gasteiger partial charge is 0.326 e. The molecule has 1 aromatic heterocycles. The first-order chi connectivity index (χ1) is 9.93. The van der Waals surface area contributed by atoms with Crippen LogP contribution in [0.3, 0.4) is 0 Å². The summed E-state index contributed by atoms with van der Waals surface area (Å²) in [6.45, 7) is 2.15. The molecule has 0 saturated heterocycles. The van der Waals surface area contributed by atoms with E-state index in [4.69, 9.17) is 5.11 Å². The van der Waals surface area contributed by atoms with Gasteiger partial charge in [0.15, 0.2) is 0 Å². The second-order valence-electron chi connectivity index (χ2n) is 4.41. The van der Waals surface area contributed by atoms with Crippen LogP contribution in [0.4, 0.5) is 4.79 Å². The topological polar surface area (TPSA) is 127 Å². The largest absolute Gasteiger partial charge is 0.480 e. The van der Waals surface area contributed by atoms with Crippen molar-refractivity contribution < 1.29 is 19.5 Å². The molecule has 1 heterocycles. The predicted molar refractivity (Wildman–Crippen MR) is 73.6 cm³/mol. The molecular weight excluding hydrogens is 278 g/mol. The summed E-state index contributed by atoms with van der Waals surface area (Å²) in [4.78, 5) is 42.2. The molecule has 0 fully saturated rings. The maximum Gasteiger partial charge on any atom is 0.326 e. The van der Waals surface area contributed by atoms with E-state index in [1.807, 2.05) is 6.92 Å². The standard InChI is InChI=1S/C12H19N5O4/c1-3-17(2)10(18)6-14-12(21)16-9(11(19)20)4-8-5-13-7-15-8/h5,7,9H,3-4,6H2,1-2H3,(H,13,15)(H,19,20)(H2,14,16,21). The van der Waals surface area contributed by atoms with Gasteiger partial charge in [-0.25, -0.2) is 14.6 Å². The Morgan fingerprint density at radius 1 is 1.48 bits per heavy atom. The second kappa shape index (κ2) is 7.88. The minimum absolute atomic E-state index is 0.0750. The third-order valence-electron chi connectivity index (χ3n) is 2.88. The molecule has 1 unspecified atom stereocenters. The number of carbonyl (C=O) groups excluding carboxylic acids is 2. The Bertz CT molecular complexity index is 488. The fraction of sp³-hybridized carbons (Fsp3) is 0.500. The molecule has 116 valence electrons. The molecule has 0 aliphatic heterocycles. The first-order valence-electron chi connectivity index (χ1n) is 6.42. The zero-order chi connectivity index (χ0) is 15.8. The van der Waals surface area contributed by atoms with Crippen molar-refractivity contribution in [1.82, 2.24) is 25.5 Å². The first-order valence-corrected chi connectivity index (χ1v) is 6.42.